The van der Waals surface area contributed by atoms with Gasteiger partial charge in [0.15, 0.2) is 11.5 Å². The fourth-order valence-electron chi connectivity index (χ4n) is 4.42. The van der Waals surface area contributed by atoms with Crippen LogP contribution in [0.3, 0.4) is 0 Å². The molecule has 0 fully saturated rings. The number of para-hydroxylation sites is 1. The van der Waals surface area contributed by atoms with E-state index in [1.54, 1.807) is 60.7 Å². The Morgan fingerprint density at radius 3 is 2.50 bits per heavy atom. The molecule has 206 valence electrons. The normalized spacial score (nSPS) is 11.8. The topological polar surface area (TPSA) is 130 Å². The summed E-state index contributed by atoms with van der Waals surface area (Å²) >= 11 is 0. The number of anilines is 1. The van der Waals surface area contributed by atoms with Crippen molar-refractivity contribution in [2.24, 2.45) is 0 Å². The highest BCUT2D eigenvalue weighted by atomic mass is 16.7. The zero-order valence-electron chi connectivity index (χ0n) is 21.8. The highest BCUT2D eigenvalue weighted by Crippen LogP contribution is 2.32. The summed E-state index contributed by atoms with van der Waals surface area (Å²) in [4.78, 5) is 52.0. The van der Waals surface area contributed by atoms with Gasteiger partial charge >= 0.3 is 5.69 Å². The maximum Gasteiger partial charge on any atom is 0.331 e. The second-order valence-electron chi connectivity index (χ2n) is 9.06. The number of fused-ring (bicyclic) bond motifs is 2. The van der Waals surface area contributed by atoms with E-state index in [1.165, 1.54) is 4.57 Å². The van der Waals surface area contributed by atoms with Crippen LogP contribution in [0.25, 0.3) is 10.9 Å². The first-order valence-corrected chi connectivity index (χ1v) is 12.8. The summed E-state index contributed by atoms with van der Waals surface area (Å²) in [7, 11) is 0. The van der Waals surface area contributed by atoms with Crippen LogP contribution in [-0.4, -0.2) is 34.3 Å². The lowest BCUT2D eigenvalue weighted by Gasteiger charge is -2.14. The number of nitrogens with one attached hydrogen (secondary N) is 2. The van der Waals surface area contributed by atoms with Gasteiger partial charge in [0.25, 0.3) is 5.56 Å². The molecule has 3 aromatic carbocycles. The molecule has 0 radical (unpaired) electrons. The summed E-state index contributed by atoms with van der Waals surface area (Å²) in [6.45, 7) is 2.35. The Morgan fingerprint density at radius 2 is 1.70 bits per heavy atom. The van der Waals surface area contributed by atoms with Crippen LogP contribution in [0, 0.1) is 0 Å². The molecule has 11 nitrogen and oxygen atoms in total. The largest absolute Gasteiger partial charge is 0.494 e. The first kappa shape index (κ1) is 26.5. The summed E-state index contributed by atoms with van der Waals surface area (Å²) in [5.41, 5.74) is 0.504. The molecule has 1 aliphatic rings. The minimum atomic E-state index is -0.672. The molecule has 0 aliphatic carbocycles. The van der Waals surface area contributed by atoms with E-state index in [9.17, 15) is 19.2 Å². The Labute approximate surface area is 228 Å². The minimum Gasteiger partial charge on any atom is -0.494 e. The number of ether oxygens (including phenoxy) is 3. The summed E-state index contributed by atoms with van der Waals surface area (Å²) in [6.07, 6.45) is -0.101. The molecule has 0 atom stereocenters. The van der Waals surface area contributed by atoms with Crippen LogP contribution in [0.15, 0.2) is 76.3 Å². The molecule has 0 unspecified atom stereocenters. The van der Waals surface area contributed by atoms with Crippen molar-refractivity contribution >= 4 is 28.4 Å². The molecule has 40 heavy (non-hydrogen) atoms. The second kappa shape index (κ2) is 11.8. The Kier molecular flexibility index (Phi) is 7.81. The first-order valence-electron chi connectivity index (χ1n) is 12.8. The number of carbonyl (C=O) groups is 2. The first-order chi connectivity index (χ1) is 19.4. The van der Waals surface area contributed by atoms with Crippen molar-refractivity contribution in [1.29, 1.82) is 0 Å². The highest BCUT2D eigenvalue weighted by molar-refractivity contribution is 5.91. The Bertz CT molecular complexity index is 1680. The van der Waals surface area contributed by atoms with E-state index in [4.69, 9.17) is 14.2 Å². The number of hydrogen-bond acceptors (Lipinski definition) is 7. The molecular weight excluding hydrogens is 516 g/mol. The predicted octanol–water partition coefficient (Wildman–Crippen LogP) is 2.64. The highest BCUT2D eigenvalue weighted by Gasteiger charge is 2.17. The van der Waals surface area contributed by atoms with Crippen LogP contribution in [0.4, 0.5) is 5.69 Å². The molecule has 2 N–H and O–H groups in total. The van der Waals surface area contributed by atoms with Crippen LogP contribution < -0.4 is 36.1 Å². The number of benzene rings is 3. The third kappa shape index (κ3) is 5.83. The summed E-state index contributed by atoms with van der Waals surface area (Å²) in [6, 6.07) is 18.8. The van der Waals surface area contributed by atoms with E-state index in [0.29, 0.717) is 35.1 Å². The lowest BCUT2D eigenvalue weighted by Crippen LogP contribution is -2.42. The molecular formula is C29H28N4O7. The molecule has 4 aromatic rings. The molecule has 2 amide bonds. The van der Waals surface area contributed by atoms with Gasteiger partial charge in [0.05, 0.1) is 17.5 Å². The summed E-state index contributed by atoms with van der Waals surface area (Å²) < 4.78 is 18.3. The van der Waals surface area contributed by atoms with Crippen molar-refractivity contribution in [1.82, 2.24) is 14.5 Å². The van der Waals surface area contributed by atoms with Gasteiger partial charge in [0, 0.05) is 25.2 Å². The molecule has 1 aliphatic heterocycles. The lowest BCUT2D eigenvalue weighted by atomic mass is 10.2. The fourth-order valence-corrected chi connectivity index (χ4v) is 4.42. The van der Waals surface area contributed by atoms with Crippen LogP contribution in [-0.2, 0) is 29.2 Å². The van der Waals surface area contributed by atoms with Gasteiger partial charge in [-0.3, -0.25) is 23.5 Å². The molecule has 5 rings (SSSR count). The van der Waals surface area contributed by atoms with E-state index in [2.05, 4.69) is 10.6 Å². The van der Waals surface area contributed by atoms with E-state index in [1.807, 2.05) is 13.0 Å². The van der Waals surface area contributed by atoms with Gasteiger partial charge in [0.2, 0.25) is 18.6 Å². The Hall–Kier alpha value is -5.06. The van der Waals surface area contributed by atoms with Crippen molar-refractivity contribution in [3.05, 3.63) is 93.1 Å². The minimum absolute atomic E-state index is 0.101. The number of aromatic nitrogens is 2. The fraction of sp³-hybridized carbons (Fsp3) is 0.241. The molecule has 0 saturated heterocycles. The number of rotatable bonds is 10. The monoisotopic (exact) mass is 544 g/mol. The van der Waals surface area contributed by atoms with Crippen LogP contribution >= 0.6 is 0 Å². The predicted molar refractivity (Wildman–Crippen MR) is 148 cm³/mol. The maximum absolute atomic E-state index is 13.4. The molecule has 2 heterocycles. The van der Waals surface area contributed by atoms with Crippen molar-refractivity contribution in [3.8, 4) is 17.2 Å². The summed E-state index contributed by atoms with van der Waals surface area (Å²) in [5, 5.41) is 5.83. The van der Waals surface area contributed by atoms with Gasteiger partial charge in [-0.2, -0.15) is 0 Å². The van der Waals surface area contributed by atoms with Crippen LogP contribution in [0.2, 0.25) is 0 Å². The smallest absolute Gasteiger partial charge is 0.331 e. The molecule has 0 saturated carbocycles. The zero-order chi connectivity index (χ0) is 28.1. The molecule has 1 aromatic heterocycles. The van der Waals surface area contributed by atoms with Gasteiger partial charge in [-0.15, -0.1) is 0 Å². The quantitative estimate of drug-likeness (QED) is 0.314. The van der Waals surface area contributed by atoms with Crippen LogP contribution in [0.1, 0.15) is 18.9 Å². The third-order valence-electron chi connectivity index (χ3n) is 6.37. The SMILES string of the molecule is CCOc1ccc(NC(=O)Cn2c(=O)n(CCC(=O)NCc3ccc4c(c3)OCO4)c(=O)c3ccccc32)cc1. The lowest BCUT2D eigenvalue weighted by molar-refractivity contribution is -0.121. The number of amides is 2. The maximum atomic E-state index is 13.4. The van der Waals surface area contributed by atoms with E-state index in [0.717, 1.165) is 10.1 Å². The Balaban J connectivity index is 1.29. The molecule has 11 heteroatoms. The molecule has 0 bridgehead atoms. The summed E-state index contributed by atoms with van der Waals surface area (Å²) in [5.74, 6) is 1.16. The van der Waals surface area contributed by atoms with Gasteiger partial charge in [-0.25, -0.2) is 4.79 Å². The van der Waals surface area contributed by atoms with Crippen molar-refractivity contribution in [3.63, 3.8) is 0 Å². The van der Waals surface area contributed by atoms with Crippen molar-refractivity contribution in [2.75, 3.05) is 18.7 Å². The molecule has 0 spiro atoms. The van der Waals surface area contributed by atoms with Gasteiger partial charge in [-0.05, 0) is 61.0 Å². The van der Waals surface area contributed by atoms with Gasteiger partial charge in [0.1, 0.15) is 12.3 Å². The Morgan fingerprint density at radius 1 is 0.925 bits per heavy atom. The zero-order valence-corrected chi connectivity index (χ0v) is 21.8. The van der Waals surface area contributed by atoms with Crippen molar-refractivity contribution < 1.29 is 23.8 Å². The number of carbonyl (C=O) groups excluding carboxylic acids is 2. The van der Waals surface area contributed by atoms with E-state index in [-0.39, 0.29) is 44.1 Å². The standard InChI is InChI=1S/C29H28N4O7/c1-2-38-21-10-8-20(9-11-21)31-27(35)17-33-23-6-4-3-5-22(23)28(36)32(29(33)37)14-13-26(34)30-16-19-7-12-24-25(15-19)40-18-39-24/h3-12,15H,2,13-14,16-18H2,1H3,(H,30,34)(H,31,35). The van der Waals surface area contributed by atoms with E-state index >= 15 is 0 Å². The average Bonchev–Trinajstić information content (AvgIpc) is 3.43. The number of hydrogen-bond donors (Lipinski definition) is 2. The average molecular weight is 545 g/mol. The number of nitrogens with zero attached hydrogens (tertiary/aromatic N) is 2. The van der Waals surface area contributed by atoms with Crippen LogP contribution in [0.5, 0.6) is 17.2 Å². The third-order valence-corrected chi connectivity index (χ3v) is 6.37. The van der Waals surface area contributed by atoms with Gasteiger partial charge < -0.3 is 24.8 Å². The van der Waals surface area contributed by atoms with Gasteiger partial charge in [-0.1, -0.05) is 18.2 Å². The van der Waals surface area contributed by atoms with Crippen molar-refractivity contribution in [2.45, 2.75) is 33.0 Å². The second-order valence-corrected chi connectivity index (χ2v) is 9.06. The van der Waals surface area contributed by atoms with E-state index < -0.39 is 17.2 Å².